The summed E-state index contributed by atoms with van der Waals surface area (Å²) in [5.41, 5.74) is 0. The summed E-state index contributed by atoms with van der Waals surface area (Å²) in [6.07, 6.45) is 4.35. The van der Waals surface area contributed by atoms with Crippen molar-refractivity contribution in [3.8, 4) is 0 Å². The molecule has 1 amide bonds. The van der Waals surface area contributed by atoms with Gasteiger partial charge in [0.2, 0.25) is 15.9 Å². The zero-order valence-corrected chi connectivity index (χ0v) is 12.6. The highest BCUT2D eigenvalue weighted by Crippen LogP contribution is 2.32. The normalized spacial score (nSPS) is 26.3. The van der Waals surface area contributed by atoms with Crippen LogP contribution in [0.1, 0.15) is 46.0 Å². The predicted octanol–water partition coefficient (Wildman–Crippen LogP) is 1.11. The molecule has 6 heteroatoms. The smallest absolute Gasteiger partial charge is 0.238 e. The van der Waals surface area contributed by atoms with Crippen LogP contribution in [-0.4, -0.2) is 43.0 Å². The van der Waals surface area contributed by atoms with Gasteiger partial charge >= 0.3 is 0 Å². The monoisotopic (exact) mass is 288 g/mol. The average molecular weight is 288 g/mol. The van der Waals surface area contributed by atoms with E-state index >= 15 is 0 Å². The molecule has 2 atom stereocenters. The van der Waals surface area contributed by atoms with Gasteiger partial charge in [0.15, 0.2) is 0 Å². The van der Waals surface area contributed by atoms with E-state index in [1.54, 1.807) is 0 Å². The van der Waals surface area contributed by atoms with Crippen molar-refractivity contribution in [3.05, 3.63) is 0 Å². The first-order valence-electron chi connectivity index (χ1n) is 7.25. The first kappa shape index (κ1) is 14.8. The van der Waals surface area contributed by atoms with E-state index < -0.39 is 16.1 Å². The summed E-state index contributed by atoms with van der Waals surface area (Å²) >= 11 is 0. The topological polar surface area (TPSA) is 66.5 Å². The Hall–Kier alpha value is -0.620. The van der Waals surface area contributed by atoms with E-state index in [2.05, 4.69) is 5.32 Å². The van der Waals surface area contributed by atoms with Crippen LogP contribution in [-0.2, 0) is 14.8 Å². The number of nitrogens with one attached hydrogen (secondary N) is 1. The maximum Gasteiger partial charge on any atom is 0.238 e. The van der Waals surface area contributed by atoms with Crippen LogP contribution < -0.4 is 5.32 Å². The molecule has 0 bridgehead atoms. The van der Waals surface area contributed by atoms with Crippen LogP contribution in [0.3, 0.4) is 0 Å². The third kappa shape index (κ3) is 3.48. The fourth-order valence-corrected chi connectivity index (χ4v) is 4.49. The third-order valence-electron chi connectivity index (χ3n) is 4.02. The molecule has 0 aromatic carbocycles. The molecule has 0 radical (unpaired) electrons. The number of hydrogen-bond donors (Lipinski definition) is 1. The van der Waals surface area contributed by atoms with Gasteiger partial charge in [-0.05, 0) is 44.9 Å². The van der Waals surface area contributed by atoms with Gasteiger partial charge in [0.25, 0.3) is 0 Å². The van der Waals surface area contributed by atoms with Gasteiger partial charge in [0.1, 0.15) is 6.04 Å². The number of sulfonamides is 1. The van der Waals surface area contributed by atoms with Crippen LogP contribution in [0.5, 0.6) is 0 Å². The molecule has 1 aliphatic heterocycles. The molecule has 1 N–H and O–H groups in total. The minimum atomic E-state index is -3.27. The number of carbonyl (C=O) groups is 1. The second-order valence-corrected chi connectivity index (χ2v) is 7.76. The number of amides is 1. The van der Waals surface area contributed by atoms with Gasteiger partial charge in [0, 0.05) is 12.6 Å². The van der Waals surface area contributed by atoms with Crippen molar-refractivity contribution < 1.29 is 13.2 Å². The van der Waals surface area contributed by atoms with Gasteiger partial charge in [-0.2, -0.15) is 4.31 Å². The Morgan fingerprint density at radius 2 is 2.05 bits per heavy atom. The highest BCUT2D eigenvalue weighted by Gasteiger charge is 2.39. The molecule has 1 saturated carbocycles. The van der Waals surface area contributed by atoms with Crippen LogP contribution in [0, 0.1) is 5.92 Å². The first-order valence-corrected chi connectivity index (χ1v) is 8.86. The van der Waals surface area contributed by atoms with Crippen molar-refractivity contribution in [1.29, 1.82) is 0 Å². The summed E-state index contributed by atoms with van der Waals surface area (Å²) in [5, 5.41) is 2.98. The highest BCUT2D eigenvalue weighted by molar-refractivity contribution is 7.89. The average Bonchev–Trinajstić information content (AvgIpc) is 3.05. The lowest BCUT2D eigenvalue weighted by molar-refractivity contribution is -0.124. The van der Waals surface area contributed by atoms with Gasteiger partial charge < -0.3 is 5.32 Å². The van der Waals surface area contributed by atoms with E-state index in [1.807, 2.05) is 13.8 Å². The lowest BCUT2D eigenvalue weighted by Crippen LogP contribution is -2.49. The molecule has 1 aliphatic carbocycles. The fourth-order valence-electron chi connectivity index (χ4n) is 2.74. The van der Waals surface area contributed by atoms with Crippen molar-refractivity contribution in [2.75, 3.05) is 12.3 Å². The third-order valence-corrected chi connectivity index (χ3v) is 6.10. The molecule has 2 unspecified atom stereocenters. The van der Waals surface area contributed by atoms with Crippen molar-refractivity contribution >= 4 is 15.9 Å². The van der Waals surface area contributed by atoms with Crippen molar-refractivity contribution in [2.45, 2.75) is 58.0 Å². The SMILES string of the molecule is CCCS(=O)(=O)N1CCCC1C(=O)NC(C)C1CC1. The zero-order valence-electron chi connectivity index (χ0n) is 11.8. The summed E-state index contributed by atoms with van der Waals surface area (Å²) in [7, 11) is -3.27. The zero-order chi connectivity index (χ0) is 14.0. The Morgan fingerprint density at radius 3 is 2.63 bits per heavy atom. The Labute approximate surface area is 115 Å². The molecule has 110 valence electrons. The molecule has 2 rings (SSSR count). The van der Waals surface area contributed by atoms with Crippen LogP contribution in [0.4, 0.5) is 0 Å². The van der Waals surface area contributed by atoms with Crippen LogP contribution in [0.25, 0.3) is 0 Å². The van der Waals surface area contributed by atoms with E-state index in [9.17, 15) is 13.2 Å². The van der Waals surface area contributed by atoms with Gasteiger partial charge in [-0.15, -0.1) is 0 Å². The van der Waals surface area contributed by atoms with Gasteiger partial charge in [-0.25, -0.2) is 8.42 Å². The molecule has 0 aromatic rings. The van der Waals surface area contributed by atoms with Gasteiger partial charge in [-0.1, -0.05) is 6.92 Å². The quantitative estimate of drug-likeness (QED) is 0.796. The molecule has 0 aromatic heterocycles. The maximum atomic E-state index is 12.2. The van der Waals surface area contributed by atoms with Crippen molar-refractivity contribution in [1.82, 2.24) is 9.62 Å². The molecule has 0 spiro atoms. The molecule has 1 saturated heterocycles. The summed E-state index contributed by atoms with van der Waals surface area (Å²) < 4.78 is 25.7. The lowest BCUT2D eigenvalue weighted by atomic mass is 10.1. The summed E-state index contributed by atoms with van der Waals surface area (Å²) in [6.45, 7) is 4.34. The highest BCUT2D eigenvalue weighted by atomic mass is 32.2. The van der Waals surface area contributed by atoms with Gasteiger partial charge in [0.05, 0.1) is 5.75 Å². The second-order valence-electron chi connectivity index (χ2n) is 5.72. The molecular weight excluding hydrogens is 264 g/mol. The van der Waals surface area contributed by atoms with Gasteiger partial charge in [-0.3, -0.25) is 4.79 Å². The Balaban J connectivity index is 1.99. The summed E-state index contributed by atoms with van der Waals surface area (Å²) in [6, 6.07) is -0.318. The van der Waals surface area contributed by atoms with Crippen molar-refractivity contribution in [2.24, 2.45) is 5.92 Å². The number of nitrogens with zero attached hydrogens (tertiary/aromatic N) is 1. The molecule has 5 nitrogen and oxygen atoms in total. The lowest BCUT2D eigenvalue weighted by Gasteiger charge is -2.24. The standard InChI is InChI=1S/C13H24N2O3S/c1-3-9-19(17,18)15-8-4-5-12(15)13(16)14-10(2)11-6-7-11/h10-12H,3-9H2,1-2H3,(H,14,16). The van der Waals surface area contributed by atoms with E-state index in [4.69, 9.17) is 0 Å². The number of carbonyl (C=O) groups excluding carboxylic acids is 1. The first-order chi connectivity index (χ1) is 8.95. The molecule has 2 aliphatic rings. The molecule has 19 heavy (non-hydrogen) atoms. The molecular formula is C13H24N2O3S. The Morgan fingerprint density at radius 1 is 1.37 bits per heavy atom. The van der Waals surface area contributed by atoms with E-state index in [0.717, 1.165) is 6.42 Å². The fraction of sp³-hybridized carbons (Fsp3) is 0.923. The van der Waals surface area contributed by atoms with E-state index in [0.29, 0.717) is 25.3 Å². The Bertz CT molecular complexity index is 431. The minimum Gasteiger partial charge on any atom is -0.352 e. The maximum absolute atomic E-state index is 12.2. The summed E-state index contributed by atoms with van der Waals surface area (Å²) in [4.78, 5) is 12.2. The Kier molecular flexibility index (Phi) is 4.50. The number of rotatable bonds is 6. The summed E-state index contributed by atoms with van der Waals surface area (Å²) in [5.74, 6) is 0.609. The van der Waals surface area contributed by atoms with Crippen molar-refractivity contribution in [3.63, 3.8) is 0 Å². The molecule has 2 fully saturated rings. The predicted molar refractivity (Wildman–Crippen MR) is 74.1 cm³/mol. The van der Waals surface area contributed by atoms with E-state index in [1.165, 1.54) is 17.1 Å². The second kappa shape index (κ2) is 5.79. The minimum absolute atomic E-state index is 0.114. The molecule has 1 heterocycles. The van der Waals surface area contributed by atoms with E-state index in [-0.39, 0.29) is 17.7 Å². The van der Waals surface area contributed by atoms with Crippen LogP contribution >= 0.6 is 0 Å². The largest absolute Gasteiger partial charge is 0.352 e. The van der Waals surface area contributed by atoms with Crippen LogP contribution in [0.2, 0.25) is 0 Å². The number of hydrogen-bond acceptors (Lipinski definition) is 3. The van der Waals surface area contributed by atoms with Crippen LogP contribution in [0.15, 0.2) is 0 Å².